The third-order valence-corrected chi connectivity index (χ3v) is 1.34. The zero-order valence-corrected chi connectivity index (χ0v) is 6.71. The van der Waals surface area contributed by atoms with Crippen LogP contribution in [-0.4, -0.2) is 36.2 Å². The standard InChI is InChI=1S/C8H17NO/c1-3-5-9(6-4-2)7-8-10/h3,10H,1,4-8H2,2H3. The molecule has 0 saturated carbocycles. The van der Waals surface area contributed by atoms with Gasteiger partial charge in [-0.3, -0.25) is 4.90 Å². The van der Waals surface area contributed by atoms with Crippen LogP contribution in [0.2, 0.25) is 0 Å². The molecule has 0 amide bonds. The molecule has 0 bridgehead atoms. The molecule has 0 fully saturated rings. The highest BCUT2D eigenvalue weighted by molar-refractivity contribution is 4.72. The second kappa shape index (κ2) is 6.78. The van der Waals surface area contributed by atoms with E-state index in [9.17, 15) is 0 Å². The normalized spacial score (nSPS) is 10.3. The van der Waals surface area contributed by atoms with Crippen LogP contribution in [0.1, 0.15) is 13.3 Å². The molecule has 2 heteroatoms. The van der Waals surface area contributed by atoms with Crippen LogP contribution in [0.15, 0.2) is 12.7 Å². The summed E-state index contributed by atoms with van der Waals surface area (Å²) in [5, 5.41) is 8.61. The number of aliphatic hydroxyl groups is 1. The molecule has 0 aliphatic heterocycles. The van der Waals surface area contributed by atoms with Gasteiger partial charge in [-0.2, -0.15) is 0 Å². The van der Waals surface area contributed by atoms with E-state index in [4.69, 9.17) is 5.11 Å². The molecule has 60 valence electrons. The summed E-state index contributed by atoms with van der Waals surface area (Å²) in [6.45, 7) is 8.71. The number of hydrogen-bond acceptors (Lipinski definition) is 2. The van der Waals surface area contributed by atoms with Crippen LogP contribution in [0.25, 0.3) is 0 Å². The van der Waals surface area contributed by atoms with E-state index in [1.807, 2.05) is 6.08 Å². The Labute approximate surface area is 63.2 Å². The lowest BCUT2D eigenvalue weighted by molar-refractivity contribution is 0.208. The zero-order valence-electron chi connectivity index (χ0n) is 6.71. The molecule has 10 heavy (non-hydrogen) atoms. The highest BCUT2D eigenvalue weighted by atomic mass is 16.3. The van der Waals surface area contributed by atoms with Gasteiger partial charge in [-0.25, -0.2) is 0 Å². The molecule has 0 aliphatic rings. The number of nitrogens with zero attached hydrogens (tertiary/aromatic N) is 1. The minimum absolute atomic E-state index is 0.244. The van der Waals surface area contributed by atoms with Gasteiger partial charge in [0.25, 0.3) is 0 Å². The van der Waals surface area contributed by atoms with Crippen LogP contribution in [-0.2, 0) is 0 Å². The molecule has 0 aromatic heterocycles. The van der Waals surface area contributed by atoms with E-state index in [1.54, 1.807) is 0 Å². The lowest BCUT2D eigenvalue weighted by atomic mass is 10.4. The summed E-state index contributed by atoms with van der Waals surface area (Å²) < 4.78 is 0. The predicted molar refractivity (Wildman–Crippen MR) is 44.0 cm³/mol. The summed E-state index contributed by atoms with van der Waals surface area (Å²) in [5.41, 5.74) is 0. The van der Waals surface area contributed by atoms with E-state index in [-0.39, 0.29) is 6.61 Å². The average molecular weight is 143 g/mol. The van der Waals surface area contributed by atoms with Gasteiger partial charge < -0.3 is 5.11 Å². The highest BCUT2D eigenvalue weighted by Crippen LogP contribution is 1.89. The quantitative estimate of drug-likeness (QED) is 0.558. The van der Waals surface area contributed by atoms with Gasteiger partial charge in [0.2, 0.25) is 0 Å². The smallest absolute Gasteiger partial charge is 0.0558 e. The van der Waals surface area contributed by atoms with E-state index in [1.165, 1.54) is 0 Å². The first-order valence-corrected chi connectivity index (χ1v) is 3.79. The van der Waals surface area contributed by atoms with Crippen LogP contribution < -0.4 is 0 Å². The fourth-order valence-electron chi connectivity index (χ4n) is 0.935. The van der Waals surface area contributed by atoms with Crippen LogP contribution >= 0.6 is 0 Å². The number of aliphatic hydroxyl groups excluding tert-OH is 1. The molecule has 2 nitrogen and oxygen atoms in total. The van der Waals surface area contributed by atoms with Crippen molar-refractivity contribution in [2.75, 3.05) is 26.2 Å². The molecule has 0 atom stereocenters. The van der Waals surface area contributed by atoms with Crippen molar-refractivity contribution >= 4 is 0 Å². The van der Waals surface area contributed by atoms with Crippen LogP contribution in [0.4, 0.5) is 0 Å². The van der Waals surface area contributed by atoms with Crippen molar-refractivity contribution in [3.8, 4) is 0 Å². The van der Waals surface area contributed by atoms with Gasteiger partial charge in [-0.1, -0.05) is 13.0 Å². The Morgan fingerprint density at radius 1 is 1.50 bits per heavy atom. The van der Waals surface area contributed by atoms with Crippen molar-refractivity contribution in [3.05, 3.63) is 12.7 Å². The Morgan fingerprint density at radius 2 is 2.20 bits per heavy atom. The van der Waals surface area contributed by atoms with Crippen molar-refractivity contribution in [3.63, 3.8) is 0 Å². The van der Waals surface area contributed by atoms with Gasteiger partial charge in [0.1, 0.15) is 0 Å². The molecule has 1 N–H and O–H groups in total. The fraction of sp³-hybridized carbons (Fsp3) is 0.750. The Hall–Kier alpha value is -0.340. The molecule has 0 aliphatic carbocycles. The molecule has 0 heterocycles. The van der Waals surface area contributed by atoms with E-state index < -0.39 is 0 Å². The molecule has 0 rings (SSSR count). The first kappa shape index (κ1) is 9.66. The van der Waals surface area contributed by atoms with E-state index in [0.29, 0.717) is 0 Å². The molecule has 0 spiro atoms. The topological polar surface area (TPSA) is 23.5 Å². The first-order chi connectivity index (χ1) is 4.85. The molecular formula is C8H17NO. The maximum Gasteiger partial charge on any atom is 0.0558 e. The Morgan fingerprint density at radius 3 is 2.60 bits per heavy atom. The second-order valence-electron chi connectivity index (χ2n) is 2.31. The molecule has 0 aromatic rings. The highest BCUT2D eigenvalue weighted by Gasteiger charge is 1.97. The van der Waals surface area contributed by atoms with Gasteiger partial charge >= 0.3 is 0 Å². The lowest BCUT2D eigenvalue weighted by Gasteiger charge is -2.17. The Balaban J connectivity index is 3.38. The van der Waals surface area contributed by atoms with Crippen LogP contribution in [0, 0.1) is 0 Å². The molecule has 0 radical (unpaired) electrons. The van der Waals surface area contributed by atoms with E-state index in [0.717, 1.165) is 26.1 Å². The van der Waals surface area contributed by atoms with Gasteiger partial charge in [0.15, 0.2) is 0 Å². The summed E-state index contributed by atoms with van der Waals surface area (Å²) in [6.07, 6.45) is 3.00. The second-order valence-corrected chi connectivity index (χ2v) is 2.31. The SMILES string of the molecule is C=CCN(CCC)CCO. The maximum absolute atomic E-state index is 8.61. The summed E-state index contributed by atoms with van der Waals surface area (Å²) >= 11 is 0. The Bertz CT molecular complexity index is 77.3. The van der Waals surface area contributed by atoms with Gasteiger partial charge in [-0.15, -0.1) is 6.58 Å². The zero-order chi connectivity index (χ0) is 7.82. The Kier molecular flexibility index (Phi) is 6.55. The van der Waals surface area contributed by atoms with Crippen molar-refractivity contribution < 1.29 is 5.11 Å². The fourth-order valence-corrected chi connectivity index (χ4v) is 0.935. The maximum atomic E-state index is 8.61. The third kappa shape index (κ3) is 4.53. The van der Waals surface area contributed by atoms with Crippen molar-refractivity contribution in [1.82, 2.24) is 4.90 Å². The molecule has 0 aromatic carbocycles. The van der Waals surface area contributed by atoms with Crippen molar-refractivity contribution in [1.29, 1.82) is 0 Å². The first-order valence-electron chi connectivity index (χ1n) is 3.79. The summed E-state index contributed by atoms with van der Waals surface area (Å²) in [6, 6.07) is 0. The van der Waals surface area contributed by atoms with Crippen LogP contribution in [0.3, 0.4) is 0 Å². The van der Waals surface area contributed by atoms with Crippen molar-refractivity contribution in [2.24, 2.45) is 0 Å². The molecular weight excluding hydrogens is 126 g/mol. The number of rotatable bonds is 6. The minimum atomic E-state index is 0.244. The average Bonchev–Trinajstić information content (AvgIpc) is 1.90. The molecule has 0 unspecified atom stereocenters. The van der Waals surface area contributed by atoms with Gasteiger partial charge in [-0.05, 0) is 13.0 Å². The summed E-state index contributed by atoms with van der Waals surface area (Å²) in [7, 11) is 0. The molecule has 0 saturated heterocycles. The summed E-state index contributed by atoms with van der Waals surface area (Å²) in [4.78, 5) is 2.17. The predicted octanol–water partition coefficient (Wildman–Crippen LogP) is 0.877. The number of hydrogen-bond donors (Lipinski definition) is 1. The lowest BCUT2D eigenvalue weighted by Crippen LogP contribution is -2.27. The third-order valence-electron chi connectivity index (χ3n) is 1.34. The van der Waals surface area contributed by atoms with Crippen molar-refractivity contribution in [2.45, 2.75) is 13.3 Å². The van der Waals surface area contributed by atoms with E-state index >= 15 is 0 Å². The minimum Gasteiger partial charge on any atom is -0.395 e. The van der Waals surface area contributed by atoms with Gasteiger partial charge in [0.05, 0.1) is 6.61 Å². The van der Waals surface area contributed by atoms with E-state index in [2.05, 4.69) is 18.4 Å². The largest absolute Gasteiger partial charge is 0.395 e. The van der Waals surface area contributed by atoms with Crippen LogP contribution in [0.5, 0.6) is 0 Å². The van der Waals surface area contributed by atoms with Gasteiger partial charge in [0, 0.05) is 13.1 Å². The summed E-state index contributed by atoms with van der Waals surface area (Å²) in [5.74, 6) is 0. The monoisotopic (exact) mass is 143 g/mol.